The molecule has 2 amide bonds. The number of aryl methyl sites for hydroxylation is 1. The van der Waals surface area contributed by atoms with Gasteiger partial charge in [0.2, 0.25) is 0 Å². The maximum Gasteiger partial charge on any atom is 0.276 e. The highest BCUT2D eigenvalue weighted by Crippen LogP contribution is 2.44. The van der Waals surface area contributed by atoms with E-state index in [4.69, 9.17) is 11.4 Å². The van der Waals surface area contributed by atoms with Crippen molar-refractivity contribution in [2.75, 3.05) is 16.8 Å². The third-order valence-electron chi connectivity index (χ3n) is 7.94. The maximum absolute atomic E-state index is 14.4. The molecule has 3 aromatic heterocycles. The third kappa shape index (κ3) is 4.90. The number of H-pyrrole nitrogens is 1. The first-order chi connectivity index (χ1) is 20.9. The van der Waals surface area contributed by atoms with Crippen LogP contribution in [0.2, 0.25) is 0 Å². The lowest BCUT2D eigenvalue weighted by atomic mass is 10.0. The fourth-order valence-corrected chi connectivity index (χ4v) is 6.69. The number of anilines is 2. The van der Waals surface area contributed by atoms with Gasteiger partial charge < -0.3 is 10.2 Å². The number of rotatable bonds is 5. The van der Waals surface area contributed by atoms with Gasteiger partial charge in [0.25, 0.3) is 11.8 Å². The number of aromatic nitrogens is 3. The normalized spacial score (nSPS) is 13.9. The molecule has 7 nitrogen and oxygen atoms in total. The molecule has 1 saturated carbocycles. The fourth-order valence-electron chi connectivity index (χ4n) is 5.55. The van der Waals surface area contributed by atoms with Crippen molar-refractivity contribution in [2.45, 2.75) is 32.1 Å². The van der Waals surface area contributed by atoms with Crippen molar-refractivity contribution in [3.63, 3.8) is 0 Å². The Labute approximate surface area is 251 Å². The number of aromatic amines is 1. The van der Waals surface area contributed by atoms with Crippen molar-refractivity contribution in [3.8, 4) is 34.0 Å². The summed E-state index contributed by atoms with van der Waals surface area (Å²) in [5, 5.41) is 10.1. The van der Waals surface area contributed by atoms with E-state index < -0.39 is 5.82 Å². The minimum Gasteiger partial charge on any atom is -0.319 e. The summed E-state index contributed by atoms with van der Waals surface area (Å²) in [6.07, 6.45) is 10.3. The molecular weight excluding hydrogens is 561 g/mol. The number of nitrogens with one attached hydrogen (secondary N) is 2. The highest BCUT2D eigenvalue weighted by Gasteiger charge is 2.31. The summed E-state index contributed by atoms with van der Waals surface area (Å²) in [6.45, 7) is 2.11. The second-order valence-electron chi connectivity index (χ2n) is 10.8. The van der Waals surface area contributed by atoms with Gasteiger partial charge in [-0.05, 0) is 73.7 Å². The summed E-state index contributed by atoms with van der Waals surface area (Å²) in [7, 11) is 0. The fraction of sp³-hybridized carbons (Fsp3) is 0.176. The highest BCUT2D eigenvalue weighted by atomic mass is 32.1. The van der Waals surface area contributed by atoms with E-state index in [2.05, 4.69) is 21.4 Å². The number of carbonyl (C=O) groups excluding carboxylic acids is 2. The molecule has 212 valence electrons. The van der Waals surface area contributed by atoms with E-state index in [-0.39, 0.29) is 17.5 Å². The number of amides is 2. The zero-order chi connectivity index (χ0) is 29.7. The molecule has 2 aliphatic rings. The largest absolute Gasteiger partial charge is 0.319 e. The molecule has 9 heteroatoms. The van der Waals surface area contributed by atoms with Crippen LogP contribution in [-0.4, -0.2) is 33.5 Å². The van der Waals surface area contributed by atoms with E-state index in [0.717, 1.165) is 40.1 Å². The van der Waals surface area contributed by atoms with Gasteiger partial charge in [-0.15, -0.1) is 17.8 Å². The molecule has 4 heterocycles. The number of pyridine rings is 1. The molecule has 0 radical (unpaired) electrons. The van der Waals surface area contributed by atoms with E-state index >= 15 is 0 Å². The third-order valence-corrected chi connectivity index (χ3v) is 9.15. The molecule has 2 aromatic carbocycles. The Kier molecular flexibility index (Phi) is 6.63. The van der Waals surface area contributed by atoms with Gasteiger partial charge in [-0.25, -0.2) is 9.37 Å². The number of nitrogens with zero attached hydrogens (tertiary/aromatic N) is 3. The molecule has 0 unspecified atom stereocenters. The number of fused-ring (bicyclic) bond motifs is 3. The maximum atomic E-state index is 14.4. The lowest BCUT2D eigenvalue weighted by Crippen LogP contribution is -2.33. The lowest BCUT2D eigenvalue weighted by molar-refractivity contribution is 0.0981. The van der Waals surface area contributed by atoms with Crippen LogP contribution in [-0.2, 0) is 6.42 Å². The van der Waals surface area contributed by atoms with Crippen molar-refractivity contribution in [2.24, 2.45) is 0 Å². The van der Waals surface area contributed by atoms with E-state index in [9.17, 15) is 14.0 Å². The quantitative estimate of drug-likeness (QED) is 0.218. The van der Waals surface area contributed by atoms with Gasteiger partial charge in [-0.1, -0.05) is 30.2 Å². The SMILES string of the molecule is C#Cc1ccc2c(c1)N(C(=O)c1cccc(-c3cn[nH]c3C3CC3)n1)CCc1cc(C(=O)Nc3c(C)cccc3F)sc1-2. The highest BCUT2D eigenvalue weighted by molar-refractivity contribution is 7.17. The number of terminal acetylenes is 1. The molecule has 1 aliphatic heterocycles. The Morgan fingerprint density at radius 3 is 2.74 bits per heavy atom. The van der Waals surface area contributed by atoms with Crippen molar-refractivity contribution in [1.29, 1.82) is 0 Å². The smallest absolute Gasteiger partial charge is 0.276 e. The number of hydrogen-bond donors (Lipinski definition) is 2. The van der Waals surface area contributed by atoms with Gasteiger partial charge in [-0.3, -0.25) is 14.7 Å². The van der Waals surface area contributed by atoms with Crippen LogP contribution in [0.15, 0.2) is 66.9 Å². The van der Waals surface area contributed by atoms with Gasteiger partial charge in [0.15, 0.2) is 0 Å². The van der Waals surface area contributed by atoms with Crippen LogP contribution < -0.4 is 10.2 Å². The molecule has 0 atom stereocenters. The van der Waals surface area contributed by atoms with E-state index in [0.29, 0.717) is 52.0 Å². The monoisotopic (exact) mass is 587 g/mol. The molecule has 0 bridgehead atoms. The minimum atomic E-state index is -0.484. The predicted octanol–water partition coefficient (Wildman–Crippen LogP) is 6.96. The van der Waals surface area contributed by atoms with Crippen molar-refractivity contribution >= 4 is 34.5 Å². The first kappa shape index (κ1) is 26.8. The molecule has 0 saturated heterocycles. The van der Waals surface area contributed by atoms with E-state index in [1.54, 1.807) is 36.2 Å². The summed E-state index contributed by atoms with van der Waals surface area (Å²) in [5.41, 5.74) is 6.84. The van der Waals surface area contributed by atoms with E-state index in [1.807, 2.05) is 36.4 Å². The Bertz CT molecular complexity index is 1950. The molecule has 0 spiro atoms. The zero-order valence-electron chi connectivity index (χ0n) is 23.3. The summed E-state index contributed by atoms with van der Waals surface area (Å²) in [6, 6.07) is 17.5. The van der Waals surface area contributed by atoms with E-state index in [1.165, 1.54) is 17.4 Å². The second-order valence-corrected chi connectivity index (χ2v) is 11.9. The predicted molar refractivity (Wildman–Crippen MR) is 166 cm³/mol. The van der Waals surface area contributed by atoms with Crippen LogP contribution >= 0.6 is 11.3 Å². The number of carbonyl (C=O) groups is 2. The average Bonchev–Trinajstić information content (AvgIpc) is 3.63. The molecule has 5 aromatic rings. The van der Waals surface area contributed by atoms with Crippen LogP contribution in [0.4, 0.5) is 15.8 Å². The molecule has 7 rings (SSSR count). The Morgan fingerprint density at radius 1 is 1.12 bits per heavy atom. The molecule has 1 fully saturated rings. The first-order valence-corrected chi connectivity index (χ1v) is 14.9. The van der Waals surface area contributed by atoms with Gasteiger partial charge in [0.05, 0.1) is 28.1 Å². The van der Waals surface area contributed by atoms with Crippen LogP contribution in [0.1, 0.15) is 61.3 Å². The first-order valence-electron chi connectivity index (χ1n) is 14.0. The Hall–Kier alpha value is -5.07. The van der Waals surface area contributed by atoms with Crippen molar-refractivity contribution < 1.29 is 14.0 Å². The van der Waals surface area contributed by atoms with Gasteiger partial charge in [-0.2, -0.15) is 5.10 Å². The van der Waals surface area contributed by atoms with Gasteiger partial charge in [0, 0.05) is 39.7 Å². The van der Waals surface area contributed by atoms with Gasteiger partial charge >= 0.3 is 0 Å². The van der Waals surface area contributed by atoms with Crippen LogP contribution in [0.5, 0.6) is 0 Å². The lowest BCUT2D eigenvalue weighted by Gasteiger charge is -2.23. The number of halogens is 1. The van der Waals surface area contributed by atoms with Crippen LogP contribution in [0.3, 0.4) is 0 Å². The average molecular weight is 588 g/mol. The summed E-state index contributed by atoms with van der Waals surface area (Å²) in [5.74, 6) is 2.02. The minimum absolute atomic E-state index is 0.168. The molecular formula is C34H26FN5O2S. The summed E-state index contributed by atoms with van der Waals surface area (Å²) < 4.78 is 14.4. The molecule has 2 N–H and O–H groups in total. The second kappa shape index (κ2) is 10.6. The number of hydrogen-bond acceptors (Lipinski definition) is 5. The van der Waals surface area contributed by atoms with Crippen molar-refractivity contribution in [1.82, 2.24) is 15.2 Å². The van der Waals surface area contributed by atoms with Crippen LogP contribution in [0.25, 0.3) is 21.7 Å². The van der Waals surface area contributed by atoms with Crippen LogP contribution in [0, 0.1) is 25.1 Å². The molecule has 43 heavy (non-hydrogen) atoms. The topological polar surface area (TPSA) is 91.0 Å². The number of para-hydroxylation sites is 1. The zero-order valence-corrected chi connectivity index (χ0v) is 24.1. The van der Waals surface area contributed by atoms with Crippen molar-refractivity contribution in [3.05, 3.63) is 106 Å². The summed E-state index contributed by atoms with van der Waals surface area (Å²) in [4.78, 5) is 35.1. The molecule has 1 aliphatic carbocycles. The Balaban J connectivity index is 1.23. The van der Waals surface area contributed by atoms with Gasteiger partial charge in [0.1, 0.15) is 11.5 Å². The number of benzene rings is 2. The Morgan fingerprint density at radius 2 is 1.95 bits per heavy atom. The summed E-state index contributed by atoms with van der Waals surface area (Å²) >= 11 is 1.31. The number of thiophene rings is 1. The standard InChI is InChI=1S/C34H26FN5O2S/c1-3-20-10-13-23-28(16-20)40(34(42)27-9-5-8-26(37-27)24-18-36-39-31(24)21-11-12-21)15-14-22-17-29(43-32(22)23)33(41)38-30-19(2)6-4-7-25(30)35/h1,4-10,13,16-18,21H,11-12,14-15H2,2H3,(H,36,39)(H,38,41).